The Kier molecular flexibility index (Phi) is 7.31. The van der Waals surface area contributed by atoms with Crippen LogP contribution >= 0.6 is 45.8 Å². The standard InChI is InChI=1S/C25H19Cl2IN2O4/c1-2-32-22-9-14(8-20(28)24(22)33-12-13-3-6-18(26)19(27)7-13)23-16-5-4-15(31)10-21(16)34-25(30)17(23)11-29/h3-10,23,31H,2,12,30H2,1H3/t23-/m1/s1. The second kappa shape index (κ2) is 10.2. The maximum Gasteiger partial charge on any atom is 0.205 e. The highest BCUT2D eigenvalue weighted by atomic mass is 127. The van der Waals surface area contributed by atoms with Gasteiger partial charge in [0.15, 0.2) is 11.5 Å². The molecule has 9 heteroatoms. The van der Waals surface area contributed by atoms with Crippen LogP contribution in [0.15, 0.2) is 60.0 Å². The summed E-state index contributed by atoms with van der Waals surface area (Å²) in [5.74, 6) is 1.05. The van der Waals surface area contributed by atoms with E-state index in [0.29, 0.717) is 39.5 Å². The van der Waals surface area contributed by atoms with E-state index in [1.165, 1.54) is 6.07 Å². The molecule has 0 aromatic heterocycles. The number of nitriles is 1. The van der Waals surface area contributed by atoms with E-state index >= 15 is 0 Å². The van der Waals surface area contributed by atoms with Gasteiger partial charge in [-0.3, -0.25) is 0 Å². The Bertz CT molecular complexity index is 1340. The van der Waals surface area contributed by atoms with Crippen LogP contribution in [0.4, 0.5) is 0 Å². The van der Waals surface area contributed by atoms with Crippen LogP contribution < -0.4 is 19.9 Å². The van der Waals surface area contributed by atoms with Crippen LogP contribution in [0.25, 0.3) is 0 Å². The summed E-state index contributed by atoms with van der Waals surface area (Å²) in [6.07, 6.45) is 0. The largest absolute Gasteiger partial charge is 0.508 e. The van der Waals surface area contributed by atoms with Gasteiger partial charge in [-0.25, -0.2) is 0 Å². The Hall–Kier alpha value is -2.80. The second-order valence-electron chi connectivity index (χ2n) is 7.45. The second-order valence-corrected chi connectivity index (χ2v) is 9.42. The summed E-state index contributed by atoms with van der Waals surface area (Å²) in [5.41, 5.74) is 8.69. The van der Waals surface area contributed by atoms with Crippen molar-refractivity contribution >= 4 is 45.8 Å². The quantitative estimate of drug-likeness (QED) is 0.310. The minimum absolute atomic E-state index is 0.00138. The maximum atomic E-state index is 9.88. The van der Waals surface area contributed by atoms with Crippen LogP contribution in [0.2, 0.25) is 10.0 Å². The maximum absolute atomic E-state index is 9.88. The Morgan fingerprint density at radius 2 is 1.91 bits per heavy atom. The zero-order chi connectivity index (χ0) is 24.4. The number of hydrogen-bond donors (Lipinski definition) is 2. The summed E-state index contributed by atoms with van der Waals surface area (Å²) < 4.78 is 18.4. The Labute approximate surface area is 220 Å². The van der Waals surface area contributed by atoms with Crippen LogP contribution in [0.3, 0.4) is 0 Å². The smallest absolute Gasteiger partial charge is 0.205 e. The third-order valence-corrected chi connectivity index (χ3v) is 6.78. The first kappa shape index (κ1) is 24.3. The number of nitrogens with zero attached hydrogens (tertiary/aromatic N) is 1. The summed E-state index contributed by atoms with van der Waals surface area (Å²) in [7, 11) is 0. The summed E-state index contributed by atoms with van der Waals surface area (Å²) in [4.78, 5) is 0. The van der Waals surface area contributed by atoms with E-state index in [4.69, 9.17) is 43.1 Å². The molecule has 3 aromatic rings. The third kappa shape index (κ3) is 4.85. The molecule has 1 aliphatic rings. The molecule has 0 bridgehead atoms. The fourth-order valence-electron chi connectivity index (χ4n) is 3.73. The van der Waals surface area contributed by atoms with E-state index in [2.05, 4.69) is 28.7 Å². The van der Waals surface area contributed by atoms with E-state index in [9.17, 15) is 10.4 Å². The van der Waals surface area contributed by atoms with Gasteiger partial charge < -0.3 is 25.1 Å². The van der Waals surface area contributed by atoms with Gasteiger partial charge in [0, 0.05) is 11.6 Å². The number of nitrogens with two attached hydrogens (primary N) is 1. The summed E-state index contributed by atoms with van der Waals surface area (Å²) in [6.45, 7) is 2.57. The number of hydrogen-bond acceptors (Lipinski definition) is 6. The van der Waals surface area contributed by atoms with Crippen molar-refractivity contribution in [2.24, 2.45) is 5.73 Å². The summed E-state index contributed by atoms with van der Waals surface area (Å²) >= 11 is 14.3. The SMILES string of the molecule is CCOc1cc([C@H]2C(C#N)=C(N)Oc3cc(O)ccc32)cc(I)c1OCc1ccc(Cl)c(Cl)c1. The molecule has 1 heterocycles. The van der Waals surface area contributed by atoms with E-state index in [0.717, 1.165) is 14.7 Å². The normalized spacial score (nSPS) is 14.7. The number of benzene rings is 3. The first-order valence-corrected chi connectivity index (χ1v) is 12.1. The van der Waals surface area contributed by atoms with Crippen LogP contribution in [0.1, 0.15) is 29.5 Å². The molecule has 34 heavy (non-hydrogen) atoms. The number of fused-ring (bicyclic) bond motifs is 1. The van der Waals surface area contributed by atoms with Crippen molar-refractivity contribution in [3.63, 3.8) is 0 Å². The molecule has 1 aliphatic heterocycles. The lowest BCUT2D eigenvalue weighted by atomic mass is 9.83. The molecule has 0 unspecified atom stereocenters. The highest BCUT2D eigenvalue weighted by molar-refractivity contribution is 14.1. The fourth-order valence-corrected chi connectivity index (χ4v) is 4.83. The van der Waals surface area contributed by atoms with E-state index < -0.39 is 5.92 Å². The number of halogens is 3. The Morgan fingerprint density at radius 3 is 2.62 bits per heavy atom. The first-order chi connectivity index (χ1) is 16.3. The molecule has 0 saturated heterocycles. The molecular formula is C25H19Cl2IN2O4. The zero-order valence-electron chi connectivity index (χ0n) is 17.9. The molecule has 0 spiro atoms. The molecule has 1 atom stereocenters. The van der Waals surface area contributed by atoms with Crippen LogP contribution in [0.5, 0.6) is 23.0 Å². The molecule has 0 saturated carbocycles. The molecule has 6 nitrogen and oxygen atoms in total. The van der Waals surface area contributed by atoms with Crippen molar-refractivity contribution in [2.75, 3.05) is 6.61 Å². The summed E-state index contributed by atoms with van der Waals surface area (Å²) in [5, 5.41) is 20.6. The minimum atomic E-state index is -0.494. The number of phenolic OH excluding ortho intramolecular Hbond substituents is 1. The van der Waals surface area contributed by atoms with Gasteiger partial charge in [-0.05, 0) is 71.0 Å². The number of rotatable bonds is 6. The Morgan fingerprint density at radius 1 is 1.12 bits per heavy atom. The predicted octanol–water partition coefficient (Wildman–Crippen LogP) is 6.50. The minimum Gasteiger partial charge on any atom is -0.508 e. The lowest BCUT2D eigenvalue weighted by Crippen LogP contribution is -2.21. The van der Waals surface area contributed by atoms with E-state index in [-0.39, 0.29) is 23.8 Å². The van der Waals surface area contributed by atoms with Crippen molar-refractivity contribution in [1.82, 2.24) is 0 Å². The average molecular weight is 609 g/mol. The Balaban J connectivity index is 1.75. The molecule has 174 valence electrons. The van der Waals surface area contributed by atoms with E-state index in [1.807, 2.05) is 25.1 Å². The molecule has 3 aromatic carbocycles. The third-order valence-electron chi connectivity index (χ3n) is 5.23. The number of allylic oxidation sites excluding steroid dienone is 1. The van der Waals surface area contributed by atoms with E-state index in [1.54, 1.807) is 24.3 Å². The van der Waals surface area contributed by atoms with Gasteiger partial charge in [-0.2, -0.15) is 5.26 Å². The topological polar surface area (TPSA) is 97.7 Å². The predicted molar refractivity (Wildman–Crippen MR) is 139 cm³/mol. The lowest BCUT2D eigenvalue weighted by Gasteiger charge is -2.27. The molecule has 0 fully saturated rings. The molecule has 0 radical (unpaired) electrons. The van der Waals surface area contributed by atoms with Crippen LogP contribution in [-0.4, -0.2) is 11.7 Å². The average Bonchev–Trinajstić information content (AvgIpc) is 2.79. The fraction of sp³-hybridized carbons (Fsp3) is 0.160. The first-order valence-electron chi connectivity index (χ1n) is 10.3. The van der Waals surface area contributed by atoms with Gasteiger partial charge in [0.2, 0.25) is 5.88 Å². The highest BCUT2D eigenvalue weighted by Gasteiger charge is 2.32. The van der Waals surface area contributed by atoms with Crippen molar-refractivity contribution in [3.8, 4) is 29.1 Å². The van der Waals surface area contributed by atoms with Crippen molar-refractivity contribution in [3.05, 3.63) is 90.3 Å². The van der Waals surface area contributed by atoms with Gasteiger partial charge in [0.25, 0.3) is 0 Å². The van der Waals surface area contributed by atoms with Crippen molar-refractivity contribution in [1.29, 1.82) is 5.26 Å². The number of phenols is 1. The van der Waals surface area contributed by atoms with Gasteiger partial charge in [-0.15, -0.1) is 0 Å². The summed E-state index contributed by atoms with van der Waals surface area (Å²) in [6, 6.07) is 16.0. The lowest BCUT2D eigenvalue weighted by molar-refractivity contribution is 0.267. The molecule has 0 aliphatic carbocycles. The monoisotopic (exact) mass is 608 g/mol. The number of aromatic hydroxyl groups is 1. The van der Waals surface area contributed by atoms with Gasteiger partial charge in [0.05, 0.1) is 26.1 Å². The van der Waals surface area contributed by atoms with Crippen molar-refractivity contribution in [2.45, 2.75) is 19.4 Å². The molecule has 0 amide bonds. The van der Waals surface area contributed by atoms with Crippen LogP contribution in [0, 0.1) is 14.9 Å². The highest BCUT2D eigenvalue weighted by Crippen LogP contribution is 2.46. The number of ether oxygens (including phenoxy) is 3. The van der Waals surface area contributed by atoms with Gasteiger partial charge >= 0.3 is 0 Å². The zero-order valence-corrected chi connectivity index (χ0v) is 21.6. The van der Waals surface area contributed by atoms with Crippen molar-refractivity contribution < 1.29 is 19.3 Å². The molecule has 3 N–H and O–H groups in total. The molecule has 4 rings (SSSR count). The van der Waals surface area contributed by atoms with Gasteiger partial charge in [0.1, 0.15) is 29.7 Å². The molecular weight excluding hydrogens is 590 g/mol. The van der Waals surface area contributed by atoms with Crippen LogP contribution in [-0.2, 0) is 6.61 Å². The van der Waals surface area contributed by atoms with Gasteiger partial charge in [-0.1, -0.05) is 35.3 Å².